The van der Waals surface area contributed by atoms with Crippen LogP contribution in [0.2, 0.25) is 0 Å². The number of benzene rings is 3. The van der Waals surface area contributed by atoms with E-state index in [4.69, 9.17) is 0 Å². The van der Waals surface area contributed by atoms with E-state index in [1.54, 1.807) is 6.07 Å². The van der Waals surface area contributed by atoms with Gasteiger partial charge in [-0.2, -0.15) is 21.9 Å². The first-order valence-corrected chi connectivity index (χ1v) is 11.8. The van der Waals surface area contributed by atoms with E-state index in [0.717, 1.165) is 6.08 Å². The smallest absolute Gasteiger partial charge is 0.505 e. The minimum Gasteiger partial charge on any atom is -0.505 e. The Kier molecular flexibility index (Phi) is 6.49. The number of ketones is 1. The van der Waals surface area contributed by atoms with Crippen LogP contribution in [0.4, 0.5) is 5.69 Å². The summed E-state index contributed by atoms with van der Waals surface area (Å²) in [6, 6.07) is 12.5. The van der Waals surface area contributed by atoms with Crippen LogP contribution in [0.25, 0.3) is 15.7 Å². The number of hydrazone groups is 1. The molecular weight excluding hydrogens is 512 g/mol. The molecule has 3 aromatic rings. The average molecular weight is 527 g/mol. The van der Waals surface area contributed by atoms with E-state index >= 15 is 0 Å². The molecule has 0 amide bonds. The first-order chi connectivity index (χ1) is 15.0. The van der Waals surface area contributed by atoms with Gasteiger partial charge in [0.2, 0.25) is 5.78 Å². The molecule has 0 aromatic heterocycles. The maximum atomic E-state index is 12.5. The van der Waals surface area contributed by atoms with Crippen LogP contribution in [0.1, 0.15) is 12.6 Å². The Balaban J connectivity index is 0.00000204. The number of phenolic OH excluding ortho intramolecular Hbond substituents is 1. The van der Waals surface area contributed by atoms with Gasteiger partial charge in [0.1, 0.15) is 21.3 Å². The molecule has 0 unspecified atom stereocenters. The van der Waals surface area contributed by atoms with Crippen LogP contribution in [0.5, 0.6) is 5.75 Å². The molecule has 0 saturated carbocycles. The fraction of sp³-hybridized carbons (Fsp3) is 0. The van der Waals surface area contributed by atoms with Crippen LogP contribution in [0.15, 0.2) is 70.7 Å². The van der Waals surface area contributed by atoms with E-state index in [0.29, 0.717) is 0 Å². The Labute approximate surface area is 200 Å². The molecule has 0 radical (unpaired) electrons. The van der Waals surface area contributed by atoms with Gasteiger partial charge in [-0.25, -0.2) is 0 Å². The SMILES string of the molecule is O=C1C=C(S(=O)(=O)O)c2ccccc2C1=NNc1ccc2c(S(=O)(=O)O)cccc2c1O.[Cr].[H+]. The van der Waals surface area contributed by atoms with Crippen molar-refractivity contribution in [2.75, 3.05) is 5.43 Å². The van der Waals surface area contributed by atoms with Gasteiger partial charge in [-0.05, 0) is 12.1 Å². The third kappa shape index (κ3) is 4.55. The predicted molar refractivity (Wildman–Crippen MR) is 118 cm³/mol. The molecule has 1 aliphatic carbocycles. The standard InChI is InChI=1S/C20H14N2O8S2.Cr/c23-16-10-18(32(28,29)30)11-4-1-2-5-13(11)19(16)22-21-15-9-8-12-14(20(15)24)6-3-7-17(12)31(25,26)27;/h1-10,21,24H,(H,25,26,27)(H,28,29,30);/p+1. The summed E-state index contributed by atoms with van der Waals surface area (Å²) in [5.74, 6) is -1.18. The zero-order valence-corrected chi connectivity index (χ0v) is 19.2. The maximum absolute atomic E-state index is 12.5. The molecule has 170 valence electrons. The molecule has 33 heavy (non-hydrogen) atoms. The summed E-state index contributed by atoms with van der Waals surface area (Å²) < 4.78 is 65.2. The van der Waals surface area contributed by atoms with Gasteiger partial charge >= 0.3 is 1.43 Å². The minimum absolute atomic E-state index is 0. The molecule has 0 spiro atoms. The molecule has 4 rings (SSSR count). The van der Waals surface area contributed by atoms with Crippen LogP contribution in [-0.4, -0.2) is 42.5 Å². The Hall–Kier alpha value is -3.05. The molecule has 0 fully saturated rings. The Morgan fingerprint density at radius 1 is 0.818 bits per heavy atom. The average Bonchev–Trinajstić information content (AvgIpc) is 2.72. The van der Waals surface area contributed by atoms with Crippen molar-refractivity contribution >= 4 is 53.1 Å². The molecule has 4 N–H and O–H groups in total. The second kappa shape index (κ2) is 8.71. The monoisotopic (exact) mass is 527 g/mol. The summed E-state index contributed by atoms with van der Waals surface area (Å²) in [5.41, 5.74) is 2.60. The number of allylic oxidation sites excluding steroid dienone is 1. The number of anilines is 1. The zero-order chi connectivity index (χ0) is 23.3. The molecule has 0 bridgehead atoms. The number of rotatable bonds is 4. The number of phenols is 1. The predicted octanol–water partition coefficient (Wildman–Crippen LogP) is 2.53. The number of aromatic hydroxyl groups is 1. The first kappa shape index (κ1) is 24.6. The molecule has 0 atom stereocenters. The van der Waals surface area contributed by atoms with Gasteiger partial charge in [-0.1, -0.05) is 42.5 Å². The Morgan fingerprint density at radius 2 is 1.48 bits per heavy atom. The third-order valence-corrected chi connectivity index (χ3v) is 6.59. The van der Waals surface area contributed by atoms with Crippen LogP contribution in [0, 0.1) is 0 Å². The van der Waals surface area contributed by atoms with Crippen LogP contribution >= 0.6 is 0 Å². The summed E-state index contributed by atoms with van der Waals surface area (Å²) >= 11 is 0. The fourth-order valence-corrected chi connectivity index (χ4v) is 4.79. The van der Waals surface area contributed by atoms with Gasteiger partial charge in [-0.3, -0.25) is 19.3 Å². The number of hydrogen-bond donors (Lipinski definition) is 4. The number of nitrogens with zero attached hydrogens (tertiary/aromatic N) is 1. The molecule has 1 aliphatic rings. The summed E-state index contributed by atoms with van der Waals surface area (Å²) in [6.45, 7) is 0. The number of nitrogens with one attached hydrogen (secondary N) is 1. The maximum Gasteiger partial charge on any atom is 1.00 e. The van der Waals surface area contributed by atoms with Crippen LogP contribution in [0.3, 0.4) is 0 Å². The molecule has 13 heteroatoms. The Bertz CT molecular complexity index is 1590. The van der Waals surface area contributed by atoms with Gasteiger partial charge in [0.15, 0.2) is 0 Å². The number of hydrogen-bond acceptors (Lipinski definition) is 8. The van der Waals surface area contributed by atoms with E-state index in [1.807, 2.05) is 0 Å². The fourth-order valence-electron chi connectivity index (χ4n) is 3.38. The van der Waals surface area contributed by atoms with Crippen molar-refractivity contribution < 1.29 is 54.6 Å². The number of fused-ring (bicyclic) bond motifs is 2. The normalized spacial score (nSPS) is 15.0. The topological polar surface area (TPSA) is 170 Å². The van der Waals surface area contributed by atoms with Gasteiger partial charge in [0, 0.05) is 45.3 Å². The van der Waals surface area contributed by atoms with Crippen LogP contribution < -0.4 is 5.43 Å². The summed E-state index contributed by atoms with van der Waals surface area (Å²) in [6.07, 6.45) is 0.747. The van der Waals surface area contributed by atoms with Crippen molar-refractivity contribution in [2.24, 2.45) is 5.10 Å². The van der Waals surface area contributed by atoms with Gasteiger partial charge in [0.25, 0.3) is 20.2 Å². The molecule has 3 aromatic carbocycles. The van der Waals surface area contributed by atoms with Crippen molar-refractivity contribution in [3.63, 3.8) is 0 Å². The van der Waals surface area contributed by atoms with Crippen molar-refractivity contribution in [1.29, 1.82) is 0 Å². The van der Waals surface area contributed by atoms with Crippen LogP contribution in [-0.2, 0) is 42.4 Å². The van der Waals surface area contributed by atoms with Crippen molar-refractivity contribution in [1.82, 2.24) is 0 Å². The van der Waals surface area contributed by atoms with E-state index in [-0.39, 0.29) is 62.7 Å². The number of carbonyl (C=O) groups excluding carboxylic acids is 1. The van der Waals surface area contributed by atoms with E-state index in [9.17, 15) is 35.8 Å². The molecule has 0 saturated heterocycles. The van der Waals surface area contributed by atoms with Gasteiger partial charge in [0.05, 0.1) is 5.69 Å². The van der Waals surface area contributed by atoms with Gasteiger partial charge < -0.3 is 5.11 Å². The van der Waals surface area contributed by atoms with E-state index in [1.165, 1.54) is 48.5 Å². The van der Waals surface area contributed by atoms with E-state index < -0.39 is 30.9 Å². The quantitative estimate of drug-likeness (QED) is 0.226. The summed E-state index contributed by atoms with van der Waals surface area (Å²) in [5, 5.41) is 14.7. The van der Waals surface area contributed by atoms with Gasteiger partial charge in [-0.15, -0.1) is 0 Å². The summed E-state index contributed by atoms with van der Waals surface area (Å²) in [4.78, 5) is 11.6. The largest absolute Gasteiger partial charge is 1.00 e. The Morgan fingerprint density at radius 3 is 2.12 bits per heavy atom. The zero-order valence-electron chi connectivity index (χ0n) is 17.3. The second-order valence-electron chi connectivity index (χ2n) is 6.75. The van der Waals surface area contributed by atoms with Crippen molar-refractivity contribution in [2.45, 2.75) is 4.90 Å². The summed E-state index contributed by atoms with van der Waals surface area (Å²) in [7, 11) is -9.18. The molecule has 0 aliphatic heterocycles. The minimum atomic E-state index is -4.65. The molecule has 0 heterocycles. The second-order valence-corrected chi connectivity index (χ2v) is 9.53. The third-order valence-electron chi connectivity index (χ3n) is 4.78. The van der Waals surface area contributed by atoms with Crippen molar-refractivity contribution in [3.05, 3.63) is 71.8 Å². The van der Waals surface area contributed by atoms with Crippen molar-refractivity contribution in [3.8, 4) is 5.75 Å². The van der Waals surface area contributed by atoms with E-state index in [2.05, 4.69) is 10.5 Å². The number of carbonyl (C=O) groups is 1. The molecule has 10 nitrogen and oxygen atoms in total. The first-order valence-electron chi connectivity index (χ1n) is 8.87. The molecular formula is C20H15CrN2O8S2+.